The molecule has 0 saturated carbocycles. The van der Waals surface area contributed by atoms with Crippen LogP contribution < -0.4 is 5.32 Å². The normalized spacial score (nSPS) is 11.2. The Morgan fingerprint density at radius 2 is 2.11 bits per heavy atom. The largest absolute Gasteiger partial charge is 0.335 e. The summed E-state index contributed by atoms with van der Waals surface area (Å²) in [5.41, 5.74) is 0. The second kappa shape index (κ2) is 7.54. The van der Waals surface area contributed by atoms with Gasteiger partial charge < -0.3 is 10.2 Å². The topological polar surface area (TPSA) is 32.3 Å². The minimum absolute atomic E-state index is 0.228. The van der Waals surface area contributed by atoms with E-state index in [9.17, 15) is 4.79 Å². The maximum atomic E-state index is 12.2. The summed E-state index contributed by atoms with van der Waals surface area (Å²) >= 11 is 1.71. The van der Waals surface area contributed by atoms with E-state index < -0.39 is 0 Å². The number of amides is 1. The van der Waals surface area contributed by atoms with Gasteiger partial charge in [-0.2, -0.15) is 0 Å². The fourth-order valence-corrected chi connectivity index (χ4v) is 2.44. The van der Waals surface area contributed by atoms with Gasteiger partial charge in [-0.15, -0.1) is 11.3 Å². The molecule has 18 heavy (non-hydrogen) atoms. The predicted molar refractivity (Wildman–Crippen MR) is 77.8 cm³/mol. The summed E-state index contributed by atoms with van der Waals surface area (Å²) in [7, 11) is 0. The van der Waals surface area contributed by atoms with Gasteiger partial charge in [0.25, 0.3) is 0 Å². The zero-order valence-electron chi connectivity index (χ0n) is 11.8. The summed E-state index contributed by atoms with van der Waals surface area (Å²) in [6.07, 6.45) is 0.571. The number of hydrogen-bond acceptors (Lipinski definition) is 3. The molecule has 102 valence electrons. The summed E-state index contributed by atoms with van der Waals surface area (Å²) in [5, 5.41) is 5.34. The third-order valence-electron chi connectivity index (χ3n) is 2.74. The van der Waals surface area contributed by atoms with Crippen LogP contribution in [0.5, 0.6) is 0 Å². The van der Waals surface area contributed by atoms with Gasteiger partial charge >= 0.3 is 0 Å². The standard InChI is InChI=1S/C14H24N2OS/c1-11(2)15-8-7-14(17)16(12(3)4)10-13-6-5-9-18-13/h5-6,9,11-12,15H,7-8,10H2,1-4H3. The molecule has 0 aliphatic rings. The number of nitrogens with one attached hydrogen (secondary N) is 1. The first-order valence-corrected chi connectivity index (χ1v) is 7.44. The summed E-state index contributed by atoms with van der Waals surface area (Å²) < 4.78 is 0. The van der Waals surface area contributed by atoms with Crippen LogP contribution in [-0.2, 0) is 11.3 Å². The van der Waals surface area contributed by atoms with Crippen LogP contribution in [0.4, 0.5) is 0 Å². The number of hydrogen-bond donors (Lipinski definition) is 1. The monoisotopic (exact) mass is 268 g/mol. The smallest absolute Gasteiger partial charge is 0.224 e. The van der Waals surface area contributed by atoms with Gasteiger partial charge in [-0.25, -0.2) is 0 Å². The Bertz CT molecular complexity index is 347. The molecule has 0 aromatic carbocycles. The Hall–Kier alpha value is -0.870. The average molecular weight is 268 g/mol. The quantitative estimate of drug-likeness (QED) is 0.824. The first kappa shape index (κ1) is 15.2. The van der Waals surface area contributed by atoms with E-state index in [4.69, 9.17) is 0 Å². The van der Waals surface area contributed by atoms with Gasteiger partial charge in [-0.05, 0) is 25.3 Å². The lowest BCUT2D eigenvalue weighted by molar-refractivity contribution is -0.133. The number of rotatable bonds is 7. The average Bonchev–Trinajstić information content (AvgIpc) is 2.77. The van der Waals surface area contributed by atoms with Crippen LogP contribution in [0, 0.1) is 0 Å². The molecule has 1 aromatic rings. The minimum Gasteiger partial charge on any atom is -0.335 e. The lowest BCUT2D eigenvalue weighted by Crippen LogP contribution is -2.38. The van der Waals surface area contributed by atoms with Crippen LogP contribution in [0.1, 0.15) is 39.0 Å². The second-order valence-corrected chi connectivity index (χ2v) is 6.09. The highest BCUT2D eigenvalue weighted by molar-refractivity contribution is 7.09. The SMILES string of the molecule is CC(C)NCCC(=O)N(Cc1cccs1)C(C)C. The van der Waals surface area contributed by atoms with Crippen molar-refractivity contribution in [1.82, 2.24) is 10.2 Å². The van der Waals surface area contributed by atoms with Crippen molar-refractivity contribution in [2.75, 3.05) is 6.54 Å². The van der Waals surface area contributed by atoms with E-state index in [1.165, 1.54) is 4.88 Å². The molecule has 0 saturated heterocycles. The van der Waals surface area contributed by atoms with Crippen LogP contribution in [-0.4, -0.2) is 29.4 Å². The highest BCUT2D eigenvalue weighted by Gasteiger charge is 2.17. The van der Waals surface area contributed by atoms with Gasteiger partial charge in [-0.1, -0.05) is 19.9 Å². The molecule has 0 atom stereocenters. The molecule has 1 N–H and O–H groups in total. The van der Waals surface area contributed by atoms with Crippen molar-refractivity contribution in [3.05, 3.63) is 22.4 Å². The fraction of sp³-hybridized carbons (Fsp3) is 0.643. The van der Waals surface area contributed by atoms with Gasteiger partial charge in [0.2, 0.25) is 5.91 Å². The molecule has 1 heterocycles. The molecular formula is C14H24N2OS. The number of nitrogens with zero attached hydrogens (tertiary/aromatic N) is 1. The molecule has 0 aliphatic heterocycles. The van der Waals surface area contributed by atoms with Crippen molar-refractivity contribution in [2.45, 2.75) is 52.7 Å². The van der Waals surface area contributed by atoms with E-state index in [0.717, 1.165) is 13.1 Å². The summed E-state index contributed by atoms with van der Waals surface area (Å²) in [5.74, 6) is 0.228. The first-order valence-electron chi connectivity index (χ1n) is 6.56. The lowest BCUT2D eigenvalue weighted by Gasteiger charge is -2.26. The van der Waals surface area contributed by atoms with Gasteiger partial charge in [0.05, 0.1) is 6.54 Å². The minimum atomic E-state index is 0.228. The number of carbonyl (C=O) groups is 1. The van der Waals surface area contributed by atoms with Gasteiger partial charge in [0, 0.05) is 29.9 Å². The van der Waals surface area contributed by atoms with E-state index >= 15 is 0 Å². The Morgan fingerprint density at radius 1 is 1.39 bits per heavy atom. The highest BCUT2D eigenvalue weighted by Crippen LogP contribution is 2.14. The first-order chi connectivity index (χ1) is 8.50. The van der Waals surface area contributed by atoms with Crippen LogP contribution in [0.15, 0.2) is 17.5 Å². The van der Waals surface area contributed by atoms with Gasteiger partial charge in [-0.3, -0.25) is 4.79 Å². The van der Waals surface area contributed by atoms with E-state index in [-0.39, 0.29) is 11.9 Å². The van der Waals surface area contributed by atoms with E-state index in [1.54, 1.807) is 11.3 Å². The molecular weight excluding hydrogens is 244 g/mol. The zero-order valence-corrected chi connectivity index (χ0v) is 12.6. The number of thiophene rings is 1. The lowest BCUT2D eigenvalue weighted by atomic mass is 10.2. The fourth-order valence-electron chi connectivity index (χ4n) is 1.74. The molecule has 4 heteroatoms. The number of carbonyl (C=O) groups excluding carboxylic acids is 1. The van der Waals surface area contributed by atoms with Crippen molar-refractivity contribution < 1.29 is 4.79 Å². The highest BCUT2D eigenvalue weighted by atomic mass is 32.1. The van der Waals surface area contributed by atoms with Crippen molar-refractivity contribution >= 4 is 17.2 Å². The van der Waals surface area contributed by atoms with E-state index in [0.29, 0.717) is 12.5 Å². The van der Waals surface area contributed by atoms with Crippen molar-refractivity contribution in [3.63, 3.8) is 0 Å². The maximum absolute atomic E-state index is 12.2. The second-order valence-electron chi connectivity index (χ2n) is 5.05. The summed E-state index contributed by atoms with van der Waals surface area (Å²) in [4.78, 5) is 15.4. The molecule has 0 unspecified atom stereocenters. The Balaban J connectivity index is 2.48. The molecule has 1 rings (SSSR count). The van der Waals surface area contributed by atoms with E-state index in [2.05, 4.69) is 44.5 Å². The van der Waals surface area contributed by atoms with Gasteiger partial charge in [0.1, 0.15) is 0 Å². The Morgan fingerprint density at radius 3 is 2.61 bits per heavy atom. The molecule has 0 aliphatic carbocycles. The molecule has 0 radical (unpaired) electrons. The molecule has 3 nitrogen and oxygen atoms in total. The zero-order chi connectivity index (χ0) is 13.5. The molecule has 0 spiro atoms. The third kappa shape index (κ3) is 5.19. The van der Waals surface area contributed by atoms with Crippen molar-refractivity contribution in [3.8, 4) is 0 Å². The van der Waals surface area contributed by atoms with Crippen LogP contribution in [0.25, 0.3) is 0 Å². The van der Waals surface area contributed by atoms with Crippen molar-refractivity contribution in [1.29, 1.82) is 0 Å². The van der Waals surface area contributed by atoms with E-state index in [1.807, 2.05) is 11.0 Å². The summed E-state index contributed by atoms with van der Waals surface area (Å²) in [6, 6.07) is 4.80. The molecule has 0 bridgehead atoms. The Kier molecular flexibility index (Phi) is 6.36. The third-order valence-corrected chi connectivity index (χ3v) is 3.60. The molecule has 1 amide bonds. The van der Waals surface area contributed by atoms with Crippen molar-refractivity contribution in [2.24, 2.45) is 0 Å². The van der Waals surface area contributed by atoms with Crippen LogP contribution in [0.2, 0.25) is 0 Å². The molecule has 1 aromatic heterocycles. The Labute approximate surface area is 114 Å². The van der Waals surface area contributed by atoms with Crippen LogP contribution in [0.3, 0.4) is 0 Å². The predicted octanol–water partition coefficient (Wildman–Crippen LogP) is 2.87. The summed E-state index contributed by atoms with van der Waals surface area (Å²) in [6.45, 7) is 9.81. The maximum Gasteiger partial charge on any atom is 0.224 e. The van der Waals surface area contributed by atoms with Gasteiger partial charge in [0.15, 0.2) is 0 Å². The van der Waals surface area contributed by atoms with Crippen LogP contribution >= 0.6 is 11.3 Å². The molecule has 0 fully saturated rings.